The average molecular weight is 451 g/mol. The van der Waals surface area contributed by atoms with Gasteiger partial charge in [-0.1, -0.05) is 12.1 Å². The Bertz CT molecular complexity index is 926. The van der Waals surface area contributed by atoms with Crippen LogP contribution in [0.3, 0.4) is 0 Å². The molecule has 0 spiro atoms. The highest BCUT2D eigenvalue weighted by molar-refractivity contribution is 7.85. The lowest BCUT2D eigenvalue weighted by molar-refractivity contribution is 0.111. The molecule has 30 heavy (non-hydrogen) atoms. The van der Waals surface area contributed by atoms with Gasteiger partial charge in [0.25, 0.3) is 12.9 Å². The topological polar surface area (TPSA) is 46.5 Å². The molecule has 2 aromatic rings. The predicted octanol–water partition coefficient (Wildman–Crippen LogP) is 6.22. The molecule has 1 atom stereocenters. The van der Waals surface area contributed by atoms with Crippen LogP contribution >= 0.6 is 0 Å². The Kier molecular flexibility index (Phi) is 9.41. The number of rotatable bonds is 5. The number of benzene rings is 2. The quantitative estimate of drug-likeness (QED) is 0.308. The maximum Gasteiger partial charge on any atom is 0.263 e. The zero-order valence-electron chi connectivity index (χ0n) is 16.2. The van der Waals surface area contributed by atoms with Crippen LogP contribution in [0.1, 0.15) is 60.7 Å². The van der Waals surface area contributed by atoms with Crippen molar-refractivity contribution in [2.45, 2.75) is 38.4 Å². The second-order valence-corrected chi connectivity index (χ2v) is 8.81. The van der Waals surface area contributed by atoms with Gasteiger partial charge in [-0.25, -0.2) is 30.6 Å². The van der Waals surface area contributed by atoms with E-state index in [9.17, 15) is 35.3 Å². The number of aldehydes is 1. The van der Waals surface area contributed by atoms with Gasteiger partial charge in [0.05, 0.1) is 10.3 Å². The molecule has 10 heteroatoms. The van der Waals surface area contributed by atoms with Crippen molar-refractivity contribution in [3.63, 3.8) is 0 Å². The molecule has 0 aliphatic carbocycles. The molecule has 0 radical (unpaired) electrons. The highest BCUT2D eigenvalue weighted by Crippen LogP contribution is 2.21. The van der Waals surface area contributed by atoms with Crippen molar-refractivity contribution in [1.29, 1.82) is 0 Å². The summed E-state index contributed by atoms with van der Waals surface area (Å²) >= 11 is 0. The van der Waals surface area contributed by atoms with Gasteiger partial charge in [-0.05, 0) is 45.0 Å². The number of alkyl halides is 4. The van der Waals surface area contributed by atoms with Crippen molar-refractivity contribution >= 4 is 23.5 Å². The molecular weight excluding hydrogens is 432 g/mol. The van der Waals surface area contributed by atoms with Crippen LogP contribution in [-0.2, 0) is 11.0 Å². The van der Waals surface area contributed by atoms with E-state index in [0.29, 0.717) is 6.07 Å². The Hall–Kier alpha value is -2.49. The first kappa shape index (κ1) is 25.5. The lowest BCUT2D eigenvalue weighted by atomic mass is 10.1. The zero-order valence-corrected chi connectivity index (χ0v) is 17.0. The Morgan fingerprint density at radius 3 is 1.63 bits per heavy atom. The molecule has 2 aromatic carbocycles. The van der Waals surface area contributed by atoms with E-state index >= 15 is 0 Å². The van der Waals surface area contributed by atoms with E-state index in [2.05, 4.69) is 4.40 Å². The van der Waals surface area contributed by atoms with E-state index in [1.807, 2.05) is 0 Å². The first-order valence-corrected chi connectivity index (χ1v) is 9.54. The third-order valence-corrected chi connectivity index (χ3v) is 4.84. The fourth-order valence-corrected chi connectivity index (χ4v) is 2.35. The van der Waals surface area contributed by atoms with E-state index < -0.39 is 45.8 Å². The van der Waals surface area contributed by atoms with Crippen LogP contribution in [0.4, 0.5) is 26.3 Å². The van der Waals surface area contributed by atoms with E-state index in [0.717, 1.165) is 30.5 Å². The molecule has 164 valence electrons. The Morgan fingerprint density at radius 2 is 1.30 bits per heavy atom. The molecule has 0 aliphatic heterocycles. The molecule has 0 unspecified atom stereocenters. The molecule has 3 nitrogen and oxygen atoms in total. The summed E-state index contributed by atoms with van der Waals surface area (Å²) in [7, 11) is -1.51. The van der Waals surface area contributed by atoms with E-state index in [1.165, 1.54) is 6.07 Å². The predicted molar refractivity (Wildman–Crippen MR) is 104 cm³/mol. The van der Waals surface area contributed by atoms with Gasteiger partial charge in [-0.3, -0.25) is 4.79 Å². The van der Waals surface area contributed by atoms with Crippen LogP contribution in [0.5, 0.6) is 0 Å². The summed E-state index contributed by atoms with van der Waals surface area (Å²) < 4.78 is 89.3. The van der Waals surface area contributed by atoms with Crippen molar-refractivity contribution in [2.75, 3.05) is 0 Å². The van der Waals surface area contributed by atoms with E-state index in [1.54, 1.807) is 20.8 Å². The molecule has 0 saturated carbocycles. The second-order valence-electron chi connectivity index (χ2n) is 6.88. The number of carbonyl (C=O) groups is 1. The van der Waals surface area contributed by atoms with Crippen molar-refractivity contribution in [1.82, 2.24) is 0 Å². The van der Waals surface area contributed by atoms with Gasteiger partial charge in [0.15, 0.2) is 6.29 Å². The van der Waals surface area contributed by atoms with Crippen LogP contribution in [0.15, 0.2) is 40.8 Å². The number of halogens is 6. The normalized spacial score (nSPS) is 12.8. The number of hydrogen-bond donors (Lipinski definition) is 0. The lowest BCUT2D eigenvalue weighted by Crippen LogP contribution is -2.19. The van der Waals surface area contributed by atoms with Gasteiger partial charge in [0.2, 0.25) is 0 Å². The summed E-state index contributed by atoms with van der Waals surface area (Å²) in [5.41, 5.74) is -0.976. The van der Waals surface area contributed by atoms with Crippen molar-refractivity contribution in [3.8, 4) is 0 Å². The smallest absolute Gasteiger partial charge is 0.263 e. The van der Waals surface area contributed by atoms with Crippen LogP contribution in [0.25, 0.3) is 0 Å². The van der Waals surface area contributed by atoms with Crippen molar-refractivity contribution in [2.24, 2.45) is 4.40 Å². The summed E-state index contributed by atoms with van der Waals surface area (Å²) in [4.78, 5) is 10.1. The summed E-state index contributed by atoms with van der Waals surface area (Å²) in [5.74, 6) is -1.72. The van der Waals surface area contributed by atoms with Crippen molar-refractivity contribution < 1.29 is 35.3 Å². The van der Waals surface area contributed by atoms with Gasteiger partial charge in [0, 0.05) is 22.9 Å². The fraction of sp³-hybridized carbons (Fsp3) is 0.300. The molecule has 0 heterocycles. The van der Waals surface area contributed by atoms with Gasteiger partial charge < -0.3 is 0 Å². The highest BCUT2D eigenvalue weighted by atomic mass is 32.2. The highest BCUT2D eigenvalue weighted by Gasteiger charge is 2.18. The first-order chi connectivity index (χ1) is 13.9. The largest absolute Gasteiger partial charge is 0.298 e. The number of hydrogen-bond acceptors (Lipinski definition) is 2. The van der Waals surface area contributed by atoms with Crippen LogP contribution in [0, 0.1) is 11.6 Å². The minimum Gasteiger partial charge on any atom is -0.298 e. The van der Waals surface area contributed by atoms with Gasteiger partial charge >= 0.3 is 0 Å². The second kappa shape index (κ2) is 11.1. The van der Waals surface area contributed by atoms with Crippen molar-refractivity contribution in [3.05, 3.63) is 70.3 Å². The summed E-state index contributed by atoms with van der Waals surface area (Å²) in [5, 5.41) is 0. The monoisotopic (exact) mass is 451 g/mol. The molecule has 0 aliphatic rings. The molecular formula is C20H19F6NO2S. The molecule has 0 saturated heterocycles. The van der Waals surface area contributed by atoms with Gasteiger partial charge in [-0.15, -0.1) is 0 Å². The van der Waals surface area contributed by atoms with Crippen LogP contribution in [-0.4, -0.2) is 21.5 Å². The molecule has 0 amide bonds. The zero-order chi connectivity index (χ0) is 23.1. The third-order valence-electron chi connectivity index (χ3n) is 3.49. The Labute approximate surface area is 172 Å². The van der Waals surface area contributed by atoms with Gasteiger partial charge in [0.1, 0.15) is 22.6 Å². The number of carbonyl (C=O) groups excluding carboxylic acids is 1. The fourth-order valence-electron chi connectivity index (χ4n) is 1.82. The molecule has 2 rings (SSSR count). The van der Waals surface area contributed by atoms with Gasteiger partial charge in [-0.2, -0.15) is 4.40 Å². The minimum atomic E-state index is -2.71. The first-order valence-electron chi connectivity index (χ1n) is 8.43. The standard InChI is InChI=1S/C12H14F3NOS.C8H5F3O/c1-12(2,3)18(17)16-7-9-5-4-8(11(14)15)6-10(9)13;9-7-3-5(8(10)11)1-2-6(7)4-12/h4-7,11H,1-3H3;1-4,8H/t18-;/m1./s1. The average Bonchev–Trinajstić information content (AvgIpc) is 2.66. The SMILES string of the molecule is CC(C)(C)[S@@](=O)N=Cc1ccc(C(F)F)cc1F.O=Cc1ccc(C(F)F)cc1F. The maximum atomic E-state index is 13.4. The lowest BCUT2D eigenvalue weighted by Gasteiger charge is -2.12. The summed E-state index contributed by atoms with van der Waals surface area (Å²) in [6.07, 6.45) is -4.04. The van der Waals surface area contributed by atoms with Crippen LogP contribution < -0.4 is 0 Å². The van der Waals surface area contributed by atoms with E-state index in [4.69, 9.17) is 0 Å². The Balaban J connectivity index is 0.000000325. The summed E-state index contributed by atoms with van der Waals surface area (Å²) in [6, 6.07) is 5.79. The molecule has 0 fully saturated rings. The third kappa shape index (κ3) is 7.74. The minimum absolute atomic E-state index is 0.0389. The maximum absolute atomic E-state index is 13.4. The molecule has 0 aromatic heterocycles. The van der Waals surface area contributed by atoms with E-state index in [-0.39, 0.29) is 23.0 Å². The molecule has 0 bridgehead atoms. The summed E-state index contributed by atoms with van der Waals surface area (Å²) in [6.45, 7) is 5.20. The Morgan fingerprint density at radius 1 is 0.867 bits per heavy atom. The number of nitrogens with zero attached hydrogens (tertiary/aromatic N) is 1. The molecule has 0 N–H and O–H groups in total. The van der Waals surface area contributed by atoms with Crippen LogP contribution in [0.2, 0.25) is 0 Å².